The van der Waals surface area contributed by atoms with Crippen molar-refractivity contribution in [3.63, 3.8) is 0 Å². The molecule has 0 aliphatic carbocycles. The van der Waals surface area contributed by atoms with Crippen LogP contribution >= 0.6 is 0 Å². The Morgan fingerprint density at radius 1 is 0.357 bits per heavy atom. The Morgan fingerprint density at radius 3 is 1.86 bits per heavy atom. The first-order chi connectivity index (χ1) is 20.8. The number of nitrogens with zero attached hydrogens (tertiary/aromatic N) is 1. The largest absolute Gasteiger partial charge is 0.456 e. The summed E-state index contributed by atoms with van der Waals surface area (Å²) in [4.78, 5) is 2.33. The minimum absolute atomic E-state index is 0.863. The van der Waals surface area contributed by atoms with Gasteiger partial charge in [-0.15, -0.1) is 0 Å². The molecule has 2 heteroatoms. The molecule has 0 aliphatic rings. The molecule has 8 aromatic rings. The number of anilines is 3. The van der Waals surface area contributed by atoms with E-state index in [1.807, 2.05) is 18.2 Å². The third-order valence-electron chi connectivity index (χ3n) is 8.03. The van der Waals surface area contributed by atoms with Crippen molar-refractivity contribution in [3.8, 4) is 22.5 Å². The highest BCUT2D eigenvalue weighted by atomic mass is 16.3. The molecule has 8 rings (SSSR count). The van der Waals surface area contributed by atoms with E-state index in [1.165, 1.54) is 32.7 Å². The molecule has 2 nitrogen and oxygen atoms in total. The summed E-state index contributed by atoms with van der Waals surface area (Å²) in [5, 5.41) is 6.10. The molecule has 0 saturated carbocycles. The molecule has 0 spiro atoms. The lowest BCUT2D eigenvalue weighted by atomic mass is 10.0. The van der Waals surface area contributed by atoms with Crippen LogP contribution in [0, 0.1) is 0 Å². The fourth-order valence-corrected chi connectivity index (χ4v) is 5.94. The number of hydrogen-bond acceptors (Lipinski definition) is 2. The normalized spacial score (nSPS) is 11.3. The maximum atomic E-state index is 6.25. The summed E-state index contributed by atoms with van der Waals surface area (Å²) in [6.07, 6.45) is 0. The zero-order valence-electron chi connectivity index (χ0n) is 22.9. The van der Waals surface area contributed by atoms with E-state index >= 15 is 0 Å². The van der Waals surface area contributed by atoms with Gasteiger partial charge in [-0.25, -0.2) is 0 Å². The molecule has 42 heavy (non-hydrogen) atoms. The van der Waals surface area contributed by atoms with Gasteiger partial charge in [0.05, 0.1) is 0 Å². The maximum Gasteiger partial charge on any atom is 0.135 e. The van der Waals surface area contributed by atoms with Crippen molar-refractivity contribution >= 4 is 49.6 Å². The summed E-state index contributed by atoms with van der Waals surface area (Å²) in [6.45, 7) is 0. The number of para-hydroxylation sites is 1. The molecule has 0 unspecified atom stereocenters. The Kier molecular flexibility index (Phi) is 5.82. The molecule has 1 aromatic heterocycles. The average molecular weight is 538 g/mol. The summed E-state index contributed by atoms with van der Waals surface area (Å²) >= 11 is 0. The van der Waals surface area contributed by atoms with E-state index in [0.717, 1.165) is 39.4 Å². The second kappa shape index (κ2) is 10.1. The van der Waals surface area contributed by atoms with Crippen LogP contribution in [0.1, 0.15) is 0 Å². The van der Waals surface area contributed by atoms with Crippen LogP contribution in [0.2, 0.25) is 0 Å². The summed E-state index contributed by atoms with van der Waals surface area (Å²) in [5.41, 5.74) is 7.61. The fourth-order valence-electron chi connectivity index (χ4n) is 5.94. The molecule has 0 amide bonds. The molecule has 0 fully saturated rings. The van der Waals surface area contributed by atoms with Crippen LogP contribution in [0.5, 0.6) is 0 Å². The van der Waals surface area contributed by atoms with E-state index in [-0.39, 0.29) is 0 Å². The van der Waals surface area contributed by atoms with Gasteiger partial charge in [-0.2, -0.15) is 0 Å². The van der Waals surface area contributed by atoms with Crippen molar-refractivity contribution in [3.05, 3.63) is 164 Å². The molecule has 7 aromatic carbocycles. The van der Waals surface area contributed by atoms with Gasteiger partial charge in [-0.05, 0) is 81.2 Å². The van der Waals surface area contributed by atoms with Crippen molar-refractivity contribution in [1.82, 2.24) is 0 Å². The predicted molar refractivity (Wildman–Crippen MR) is 177 cm³/mol. The van der Waals surface area contributed by atoms with Crippen molar-refractivity contribution in [1.29, 1.82) is 0 Å². The second-order valence-electron chi connectivity index (χ2n) is 10.6. The molecule has 0 N–H and O–H groups in total. The molecule has 1 heterocycles. The Morgan fingerprint density at radius 2 is 1.00 bits per heavy atom. The predicted octanol–water partition coefficient (Wildman–Crippen LogP) is 11.5. The lowest BCUT2D eigenvalue weighted by Crippen LogP contribution is -2.10. The standard InChI is InChI=1S/C40H27NO/c1-2-9-28(10-3-1)29-19-21-34(22-20-29)41(36-23-24-38-31(25-36)18-17-30-11-4-6-15-37(30)38)35-14-8-13-32(26-35)40-27-33-12-5-7-16-39(33)42-40/h1-27H. The van der Waals surface area contributed by atoms with Gasteiger partial charge >= 0.3 is 0 Å². The van der Waals surface area contributed by atoms with Crippen molar-refractivity contribution in [2.75, 3.05) is 4.90 Å². The summed E-state index contributed by atoms with van der Waals surface area (Å²) in [6, 6.07) is 58.0. The highest BCUT2D eigenvalue weighted by molar-refractivity contribution is 6.08. The zero-order valence-corrected chi connectivity index (χ0v) is 22.9. The van der Waals surface area contributed by atoms with Gasteiger partial charge in [0.2, 0.25) is 0 Å². The maximum absolute atomic E-state index is 6.25. The Bertz CT molecular complexity index is 2160. The average Bonchev–Trinajstić information content (AvgIpc) is 3.50. The zero-order chi connectivity index (χ0) is 27.9. The van der Waals surface area contributed by atoms with Crippen molar-refractivity contribution < 1.29 is 4.42 Å². The molecule has 198 valence electrons. The third kappa shape index (κ3) is 4.31. The Hall–Kier alpha value is -5.60. The molecule has 0 saturated heterocycles. The Labute approximate surface area is 244 Å². The van der Waals surface area contributed by atoms with Gasteiger partial charge < -0.3 is 9.32 Å². The van der Waals surface area contributed by atoms with E-state index < -0.39 is 0 Å². The highest BCUT2D eigenvalue weighted by Crippen LogP contribution is 2.40. The van der Waals surface area contributed by atoms with E-state index in [4.69, 9.17) is 4.42 Å². The Balaban J connectivity index is 1.27. The number of furan rings is 1. The van der Waals surface area contributed by atoms with Crippen molar-refractivity contribution in [2.45, 2.75) is 0 Å². The number of benzene rings is 7. The summed E-state index contributed by atoms with van der Waals surface area (Å²) < 4.78 is 6.25. The first kappa shape index (κ1) is 24.2. The van der Waals surface area contributed by atoms with Crippen LogP contribution in [0.4, 0.5) is 17.1 Å². The van der Waals surface area contributed by atoms with Crippen LogP contribution in [0.25, 0.3) is 55.0 Å². The van der Waals surface area contributed by atoms with Gasteiger partial charge in [0.25, 0.3) is 0 Å². The van der Waals surface area contributed by atoms with E-state index in [1.54, 1.807) is 0 Å². The number of rotatable bonds is 5. The molecule has 0 aliphatic heterocycles. The summed E-state index contributed by atoms with van der Waals surface area (Å²) in [5.74, 6) is 0.863. The van der Waals surface area contributed by atoms with Gasteiger partial charge in [-0.3, -0.25) is 0 Å². The smallest absolute Gasteiger partial charge is 0.135 e. The fraction of sp³-hybridized carbons (Fsp3) is 0. The van der Waals surface area contributed by atoms with E-state index in [9.17, 15) is 0 Å². The molecule has 0 atom stereocenters. The molecule has 0 radical (unpaired) electrons. The van der Waals surface area contributed by atoms with Crippen LogP contribution in [0.15, 0.2) is 168 Å². The second-order valence-corrected chi connectivity index (χ2v) is 10.6. The third-order valence-corrected chi connectivity index (χ3v) is 8.03. The van der Waals surface area contributed by atoms with Gasteiger partial charge in [-0.1, -0.05) is 115 Å². The first-order valence-corrected chi connectivity index (χ1v) is 14.3. The van der Waals surface area contributed by atoms with Gasteiger partial charge in [0.15, 0.2) is 0 Å². The van der Waals surface area contributed by atoms with Gasteiger partial charge in [0, 0.05) is 28.0 Å². The minimum Gasteiger partial charge on any atom is -0.456 e. The number of hydrogen-bond donors (Lipinski definition) is 0. The molecular formula is C40H27NO. The molecule has 0 bridgehead atoms. The minimum atomic E-state index is 0.863. The summed E-state index contributed by atoms with van der Waals surface area (Å²) in [7, 11) is 0. The van der Waals surface area contributed by atoms with Crippen molar-refractivity contribution in [2.24, 2.45) is 0 Å². The quantitative estimate of drug-likeness (QED) is 0.203. The lowest BCUT2D eigenvalue weighted by molar-refractivity contribution is 0.631. The monoisotopic (exact) mass is 537 g/mol. The van der Waals surface area contributed by atoms with Crippen LogP contribution in [-0.4, -0.2) is 0 Å². The van der Waals surface area contributed by atoms with Gasteiger partial charge in [0.1, 0.15) is 11.3 Å². The van der Waals surface area contributed by atoms with E-state index in [2.05, 4.69) is 150 Å². The van der Waals surface area contributed by atoms with Crippen LogP contribution in [0.3, 0.4) is 0 Å². The topological polar surface area (TPSA) is 16.4 Å². The first-order valence-electron chi connectivity index (χ1n) is 14.3. The van der Waals surface area contributed by atoms with E-state index in [0.29, 0.717) is 0 Å². The lowest BCUT2D eigenvalue weighted by Gasteiger charge is -2.26. The van der Waals surface area contributed by atoms with Crippen LogP contribution in [-0.2, 0) is 0 Å². The van der Waals surface area contributed by atoms with Crippen LogP contribution < -0.4 is 4.90 Å². The molecular weight excluding hydrogens is 510 g/mol. The SMILES string of the molecule is c1ccc(-c2ccc(N(c3cccc(-c4cc5ccccc5o4)c3)c3ccc4c(ccc5ccccc54)c3)cc2)cc1. The highest BCUT2D eigenvalue weighted by Gasteiger charge is 2.16. The number of fused-ring (bicyclic) bond motifs is 4.